The van der Waals surface area contributed by atoms with E-state index in [0.29, 0.717) is 19.1 Å². The van der Waals surface area contributed by atoms with E-state index in [1.807, 2.05) is 0 Å². The topological polar surface area (TPSA) is 58.1 Å². The van der Waals surface area contributed by atoms with Crippen LogP contribution in [0.5, 0.6) is 0 Å². The molecular formula is C10H12N4O. The zero-order valence-corrected chi connectivity index (χ0v) is 8.31. The molecule has 0 bridgehead atoms. The Balaban J connectivity index is 1.69. The van der Waals surface area contributed by atoms with Crippen LogP contribution in [0.15, 0.2) is 12.5 Å². The summed E-state index contributed by atoms with van der Waals surface area (Å²) in [6.07, 6.45) is 5.55. The average molecular weight is 204 g/mol. The number of amides is 2. The molecule has 1 saturated carbocycles. The van der Waals surface area contributed by atoms with E-state index in [1.165, 1.54) is 6.33 Å². The first kappa shape index (κ1) is 8.64. The minimum atomic E-state index is 0.0236. The SMILES string of the molecule is O=C(NC1CC1)N1Cc2cncnc2C1. The Labute approximate surface area is 87.5 Å². The Hall–Kier alpha value is -1.65. The summed E-state index contributed by atoms with van der Waals surface area (Å²) in [4.78, 5) is 21.6. The lowest BCUT2D eigenvalue weighted by atomic mass is 10.3. The van der Waals surface area contributed by atoms with Gasteiger partial charge in [0.05, 0.1) is 18.8 Å². The number of urea groups is 1. The van der Waals surface area contributed by atoms with Gasteiger partial charge in [-0.25, -0.2) is 14.8 Å². The number of hydrogen-bond acceptors (Lipinski definition) is 3. The molecule has 1 aliphatic heterocycles. The fourth-order valence-corrected chi connectivity index (χ4v) is 1.74. The van der Waals surface area contributed by atoms with E-state index >= 15 is 0 Å². The van der Waals surface area contributed by atoms with Crippen LogP contribution in [0.4, 0.5) is 4.79 Å². The van der Waals surface area contributed by atoms with Crippen molar-refractivity contribution in [2.45, 2.75) is 32.0 Å². The largest absolute Gasteiger partial charge is 0.335 e. The van der Waals surface area contributed by atoms with Crippen molar-refractivity contribution in [2.75, 3.05) is 0 Å². The summed E-state index contributed by atoms with van der Waals surface area (Å²) < 4.78 is 0. The third-order valence-corrected chi connectivity index (χ3v) is 2.78. The van der Waals surface area contributed by atoms with Crippen LogP contribution in [-0.2, 0) is 13.1 Å². The molecular weight excluding hydrogens is 192 g/mol. The van der Waals surface area contributed by atoms with Crippen LogP contribution in [0.25, 0.3) is 0 Å². The maximum absolute atomic E-state index is 11.7. The molecule has 2 amide bonds. The molecule has 0 aromatic carbocycles. The molecule has 1 aromatic rings. The predicted molar refractivity (Wildman–Crippen MR) is 52.8 cm³/mol. The second-order valence-electron chi connectivity index (χ2n) is 4.07. The number of fused-ring (bicyclic) bond motifs is 1. The Morgan fingerprint density at radius 1 is 1.47 bits per heavy atom. The molecule has 0 spiro atoms. The molecule has 0 unspecified atom stereocenters. The van der Waals surface area contributed by atoms with Gasteiger partial charge in [0, 0.05) is 17.8 Å². The van der Waals surface area contributed by atoms with E-state index < -0.39 is 0 Å². The first-order valence-corrected chi connectivity index (χ1v) is 5.16. The quantitative estimate of drug-likeness (QED) is 0.731. The molecule has 1 fully saturated rings. The summed E-state index contributed by atoms with van der Waals surface area (Å²) in [5, 5.41) is 2.97. The third kappa shape index (κ3) is 1.65. The molecule has 78 valence electrons. The first-order valence-electron chi connectivity index (χ1n) is 5.16. The summed E-state index contributed by atoms with van der Waals surface area (Å²) in [6.45, 7) is 1.24. The van der Waals surface area contributed by atoms with Crippen molar-refractivity contribution in [2.24, 2.45) is 0 Å². The predicted octanol–water partition coefficient (Wildman–Crippen LogP) is 0.664. The van der Waals surface area contributed by atoms with Gasteiger partial charge in [0.25, 0.3) is 0 Å². The van der Waals surface area contributed by atoms with Gasteiger partial charge >= 0.3 is 6.03 Å². The zero-order chi connectivity index (χ0) is 10.3. The van der Waals surface area contributed by atoms with Gasteiger partial charge < -0.3 is 10.2 Å². The fourth-order valence-electron chi connectivity index (χ4n) is 1.74. The monoisotopic (exact) mass is 204 g/mol. The normalized spacial score (nSPS) is 18.8. The molecule has 2 heterocycles. The molecule has 0 saturated heterocycles. The van der Waals surface area contributed by atoms with Crippen LogP contribution >= 0.6 is 0 Å². The van der Waals surface area contributed by atoms with Gasteiger partial charge in [-0.15, -0.1) is 0 Å². The van der Waals surface area contributed by atoms with E-state index in [2.05, 4.69) is 15.3 Å². The Morgan fingerprint density at radius 2 is 2.33 bits per heavy atom. The summed E-state index contributed by atoms with van der Waals surface area (Å²) in [5.41, 5.74) is 2.03. The van der Waals surface area contributed by atoms with Crippen molar-refractivity contribution in [3.63, 3.8) is 0 Å². The van der Waals surface area contributed by atoms with Crippen LogP contribution in [-0.4, -0.2) is 26.9 Å². The molecule has 0 atom stereocenters. The molecule has 15 heavy (non-hydrogen) atoms. The summed E-state index contributed by atoms with van der Waals surface area (Å²) in [7, 11) is 0. The van der Waals surface area contributed by atoms with Crippen molar-refractivity contribution < 1.29 is 4.79 Å². The highest BCUT2D eigenvalue weighted by Crippen LogP contribution is 2.22. The van der Waals surface area contributed by atoms with Crippen LogP contribution in [0.1, 0.15) is 24.1 Å². The lowest BCUT2D eigenvalue weighted by Gasteiger charge is -2.15. The number of aromatic nitrogens is 2. The molecule has 5 nitrogen and oxygen atoms in total. The second kappa shape index (κ2) is 3.18. The van der Waals surface area contributed by atoms with Crippen LogP contribution in [0.3, 0.4) is 0 Å². The van der Waals surface area contributed by atoms with Crippen molar-refractivity contribution >= 4 is 6.03 Å². The molecule has 1 N–H and O–H groups in total. The standard InChI is InChI=1S/C10H12N4O/c15-10(13-8-1-2-8)14-4-7-3-11-6-12-9(7)5-14/h3,6,8H,1-2,4-5H2,(H,13,15). The lowest BCUT2D eigenvalue weighted by Crippen LogP contribution is -2.37. The summed E-state index contributed by atoms with van der Waals surface area (Å²) in [5.74, 6) is 0. The molecule has 2 aliphatic rings. The zero-order valence-electron chi connectivity index (χ0n) is 8.31. The van der Waals surface area contributed by atoms with Crippen LogP contribution in [0, 0.1) is 0 Å². The summed E-state index contributed by atoms with van der Waals surface area (Å²) in [6, 6.07) is 0.433. The molecule has 5 heteroatoms. The van der Waals surface area contributed by atoms with Gasteiger partial charge in [-0.2, -0.15) is 0 Å². The highest BCUT2D eigenvalue weighted by Gasteiger charge is 2.29. The summed E-state index contributed by atoms with van der Waals surface area (Å²) >= 11 is 0. The molecule has 3 rings (SSSR count). The third-order valence-electron chi connectivity index (χ3n) is 2.78. The Bertz CT molecular complexity index is 377. The van der Waals surface area contributed by atoms with Gasteiger partial charge in [0.15, 0.2) is 0 Å². The Morgan fingerprint density at radius 3 is 3.07 bits per heavy atom. The number of hydrogen-bond donors (Lipinski definition) is 1. The highest BCUT2D eigenvalue weighted by atomic mass is 16.2. The van der Waals surface area contributed by atoms with Crippen molar-refractivity contribution in [3.8, 4) is 0 Å². The van der Waals surface area contributed by atoms with Crippen molar-refractivity contribution in [1.29, 1.82) is 0 Å². The number of carbonyl (C=O) groups is 1. The molecule has 1 aliphatic carbocycles. The number of nitrogens with one attached hydrogen (secondary N) is 1. The van der Waals surface area contributed by atoms with E-state index in [-0.39, 0.29) is 6.03 Å². The van der Waals surface area contributed by atoms with Crippen LogP contribution in [0.2, 0.25) is 0 Å². The fraction of sp³-hybridized carbons (Fsp3) is 0.500. The van der Waals surface area contributed by atoms with E-state index in [9.17, 15) is 4.79 Å². The van der Waals surface area contributed by atoms with Gasteiger partial charge in [0.2, 0.25) is 0 Å². The molecule has 1 aromatic heterocycles. The minimum absolute atomic E-state index is 0.0236. The van der Waals surface area contributed by atoms with E-state index in [0.717, 1.165) is 24.1 Å². The minimum Gasteiger partial charge on any atom is -0.335 e. The maximum Gasteiger partial charge on any atom is 0.318 e. The highest BCUT2D eigenvalue weighted by molar-refractivity contribution is 5.75. The maximum atomic E-state index is 11.7. The van der Waals surface area contributed by atoms with Crippen molar-refractivity contribution in [3.05, 3.63) is 23.8 Å². The van der Waals surface area contributed by atoms with E-state index in [4.69, 9.17) is 0 Å². The number of rotatable bonds is 1. The smallest absolute Gasteiger partial charge is 0.318 e. The number of carbonyl (C=O) groups excluding carboxylic acids is 1. The molecule has 0 radical (unpaired) electrons. The van der Waals surface area contributed by atoms with Gasteiger partial charge in [-0.05, 0) is 12.8 Å². The van der Waals surface area contributed by atoms with Gasteiger partial charge in [0.1, 0.15) is 6.33 Å². The van der Waals surface area contributed by atoms with Gasteiger partial charge in [-0.1, -0.05) is 0 Å². The Kier molecular flexibility index (Phi) is 1.83. The number of nitrogens with zero attached hydrogens (tertiary/aromatic N) is 3. The average Bonchev–Trinajstić information content (AvgIpc) is 2.95. The van der Waals surface area contributed by atoms with Crippen LogP contribution < -0.4 is 5.32 Å². The van der Waals surface area contributed by atoms with E-state index in [1.54, 1.807) is 11.1 Å². The van der Waals surface area contributed by atoms with Gasteiger partial charge in [-0.3, -0.25) is 0 Å². The second-order valence-corrected chi connectivity index (χ2v) is 4.07. The lowest BCUT2D eigenvalue weighted by molar-refractivity contribution is 0.197. The van der Waals surface area contributed by atoms with Crippen molar-refractivity contribution in [1.82, 2.24) is 20.2 Å². The first-order chi connectivity index (χ1) is 7.33.